The van der Waals surface area contributed by atoms with Gasteiger partial charge in [0.2, 0.25) is 0 Å². The highest BCUT2D eigenvalue weighted by molar-refractivity contribution is 6.02. The van der Waals surface area contributed by atoms with Gasteiger partial charge < -0.3 is 19.3 Å². The highest BCUT2D eigenvalue weighted by atomic mass is 16.6. The van der Waals surface area contributed by atoms with Crippen molar-refractivity contribution in [2.45, 2.75) is 58.3 Å². The van der Waals surface area contributed by atoms with Gasteiger partial charge in [-0.1, -0.05) is 64.0 Å². The first-order valence-electron chi connectivity index (χ1n) is 10.3. The lowest BCUT2D eigenvalue weighted by atomic mass is 10.1. The lowest BCUT2D eigenvalue weighted by Gasteiger charge is -2.08. The van der Waals surface area contributed by atoms with Crippen LogP contribution in [0.5, 0.6) is 0 Å². The van der Waals surface area contributed by atoms with Crippen LogP contribution in [0.15, 0.2) is 24.3 Å². The number of hydrogen-bond acceptors (Lipinski definition) is 5. The van der Waals surface area contributed by atoms with E-state index in [9.17, 15) is 9.59 Å². The zero-order valence-corrected chi connectivity index (χ0v) is 17.0. The van der Waals surface area contributed by atoms with Gasteiger partial charge in [-0.3, -0.25) is 0 Å². The Morgan fingerprint density at radius 3 is 1.93 bits per heavy atom. The zero-order valence-electron chi connectivity index (χ0n) is 17.0. The third-order valence-corrected chi connectivity index (χ3v) is 4.35. The van der Waals surface area contributed by atoms with E-state index in [2.05, 4.69) is 6.92 Å². The van der Waals surface area contributed by atoms with Crippen molar-refractivity contribution in [3.05, 3.63) is 35.4 Å². The summed E-state index contributed by atoms with van der Waals surface area (Å²) in [5.74, 6) is -1.81. The van der Waals surface area contributed by atoms with Gasteiger partial charge in [-0.2, -0.15) is 0 Å². The van der Waals surface area contributed by atoms with E-state index in [0.717, 1.165) is 13.0 Å². The van der Waals surface area contributed by atoms with E-state index in [-0.39, 0.29) is 24.3 Å². The lowest BCUT2D eigenvalue weighted by molar-refractivity contribution is 0.0140. The van der Waals surface area contributed by atoms with Crippen LogP contribution in [0.3, 0.4) is 0 Å². The molecule has 1 aromatic rings. The van der Waals surface area contributed by atoms with Crippen molar-refractivity contribution in [1.29, 1.82) is 0 Å². The van der Waals surface area contributed by atoms with Crippen LogP contribution in [0.1, 0.15) is 79.0 Å². The molecule has 0 heterocycles. The van der Waals surface area contributed by atoms with Crippen molar-refractivity contribution in [2.24, 2.45) is 0 Å². The third-order valence-electron chi connectivity index (χ3n) is 4.35. The predicted octanol–water partition coefficient (Wildman–Crippen LogP) is 4.72. The SMILES string of the molecule is CCCCCCCCCCOCCOCCOC(=O)c1ccccc1C(=O)O. The third kappa shape index (κ3) is 11.0. The number of benzene rings is 1. The maximum Gasteiger partial charge on any atom is 0.339 e. The van der Waals surface area contributed by atoms with Crippen LogP contribution in [-0.4, -0.2) is 50.1 Å². The topological polar surface area (TPSA) is 82.1 Å². The van der Waals surface area contributed by atoms with Crippen molar-refractivity contribution in [3.8, 4) is 0 Å². The molecular formula is C22H34O6. The number of hydrogen-bond donors (Lipinski definition) is 1. The van der Waals surface area contributed by atoms with Crippen LogP contribution < -0.4 is 0 Å². The molecule has 1 N–H and O–H groups in total. The number of ether oxygens (including phenoxy) is 3. The molecule has 158 valence electrons. The Morgan fingerprint density at radius 2 is 1.29 bits per heavy atom. The minimum Gasteiger partial charge on any atom is -0.478 e. The molecule has 0 bridgehead atoms. The fourth-order valence-corrected chi connectivity index (χ4v) is 2.78. The van der Waals surface area contributed by atoms with Gasteiger partial charge >= 0.3 is 11.9 Å². The molecule has 0 spiro atoms. The molecule has 0 aromatic heterocycles. The van der Waals surface area contributed by atoms with Crippen molar-refractivity contribution in [3.63, 3.8) is 0 Å². The number of esters is 1. The van der Waals surface area contributed by atoms with Crippen LogP contribution in [0.25, 0.3) is 0 Å². The summed E-state index contributed by atoms with van der Waals surface area (Å²) in [7, 11) is 0. The molecule has 1 aromatic carbocycles. The van der Waals surface area contributed by atoms with Crippen LogP contribution >= 0.6 is 0 Å². The maximum absolute atomic E-state index is 11.9. The van der Waals surface area contributed by atoms with E-state index >= 15 is 0 Å². The normalized spacial score (nSPS) is 10.8. The van der Waals surface area contributed by atoms with Crippen LogP contribution in [0, 0.1) is 0 Å². The van der Waals surface area contributed by atoms with E-state index < -0.39 is 11.9 Å². The standard InChI is InChI=1S/C22H34O6/c1-2-3-4-5-6-7-8-11-14-26-15-16-27-17-18-28-22(25)20-13-10-9-12-19(20)21(23)24/h9-10,12-13H,2-8,11,14-18H2,1H3,(H,23,24). The summed E-state index contributed by atoms with van der Waals surface area (Å²) in [6.45, 7) is 4.27. The number of carbonyl (C=O) groups excluding carboxylic acids is 1. The van der Waals surface area contributed by atoms with Crippen molar-refractivity contribution >= 4 is 11.9 Å². The fourth-order valence-electron chi connectivity index (χ4n) is 2.78. The molecule has 28 heavy (non-hydrogen) atoms. The summed E-state index contributed by atoms with van der Waals surface area (Å²) >= 11 is 0. The lowest BCUT2D eigenvalue weighted by Crippen LogP contribution is -2.15. The molecule has 0 radical (unpaired) electrons. The second kappa shape index (κ2) is 16.1. The molecule has 6 heteroatoms. The number of carbonyl (C=O) groups is 2. The molecule has 0 unspecified atom stereocenters. The first-order chi connectivity index (χ1) is 13.7. The van der Waals surface area contributed by atoms with Gasteiger partial charge in [0.25, 0.3) is 0 Å². The largest absolute Gasteiger partial charge is 0.478 e. The summed E-state index contributed by atoms with van der Waals surface area (Å²) in [6, 6.07) is 5.98. The summed E-state index contributed by atoms with van der Waals surface area (Å²) in [6.07, 6.45) is 10.2. The van der Waals surface area contributed by atoms with Crippen LogP contribution in [0.2, 0.25) is 0 Å². The van der Waals surface area contributed by atoms with E-state index in [0.29, 0.717) is 13.2 Å². The molecule has 0 saturated carbocycles. The Labute approximate surface area is 168 Å². The van der Waals surface area contributed by atoms with Crippen molar-refractivity contribution in [2.75, 3.05) is 33.0 Å². The molecule has 0 fully saturated rings. The second-order valence-electron chi connectivity index (χ2n) is 6.69. The van der Waals surface area contributed by atoms with Crippen LogP contribution in [-0.2, 0) is 14.2 Å². The van der Waals surface area contributed by atoms with Gasteiger partial charge in [0.1, 0.15) is 6.61 Å². The van der Waals surface area contributed by atoms with Gasteiger partial charge in [0.15, 0.2) is 0 Å². The molecule has 6 nitrogen and oxygen atoms in total. The number of unbranched alkanes of at least 4 members (excludes halogenated alkanes) is 7. The number of rotatable bonds is 17. The molecule has 0 aliphatic heterocycles. The average molecular weight is 395 g/mol. The number of aromatic carboxylic acids is 1. The predicted molar refractivity (Wildman–Crippen MR) is 108 cm³/mol. The summed E-state index contributed by atoms with van der Waals surface area (Å²) < 4.78 is 15.9. The average Bonchev–Trinajstić information content (AvgIpc) is 2.70. The highest BCUT2D eigenvalue weighted by Crippen LogP contribution is 2.10. The minimum absolute atomic E-state index is 0.0451. The first kappa shape index (κ1) is 24.1. The second-order valence-corrected chi connectivity index (χ2v) is 6.69. The molecule has 1 rings (SSSR count). The van der Waals surface area contributed by atoms with Crippen molar-refractivity contribution in [1.82, 2.24) is 0 Å². The molecule has 0 aliphatic rings. The molecule has 0 atom stereocenters. The smallest absolute Gasteiger partial charge is 0.339 e. The molecule has 0 saturated heterocycles. The maximum atomic E-state index is 11.9. The monoisotopic (exact) mass is 394 g/mol. The summed E-state index contributed by atoms with van der Waals surface area (Å²) in [5, 5.41) is 9.07. The first-order valence-corrected chi connectivity index (χ1v) is 10.3. The van der Waals surface area contributed by atoms with Crippen molar-refractivity contribution < 1.29 is 28.9 Å². The van der Waals surface area contributed by atoms with E-state index in [1.165, 1.54) is 57.1 Å². The minimum atomic E-state index is -1.16. The molecule has 0 amide bonds. The van der Waals surface area contributed by atoms with Gasteiger partial charge in [-0.15, -0.1) is 0 Å². The molecule has 0 aliphatic carbocycles. The van der Waals surface area contributed by atoms with Gasteiger partial charge in [-0.25, -0.2) is 9.59 Å². The Balaban J connectivity index is 1.94. The molecular weight excluding hydrogens is 360 g/mol. The Kier molecular flexibility index (Phi) is 13.8. The number of carboxylic acid groups (broad SMARTS) is 1. The van der Waals surface area contributed by atoms with Gasteiger partial charge in [-0.05, 0) is 18.6 Å². The fraction of sp³-hybridized carbons (Fsp3) is 0.636. The Hall–Kier alpha value is -1.92. The Bertz CT molecular complexity index is 558. The van der Waals surface area contributed by atoms with E-state index in [4.69, 9.17) is 19.3 Å². The summed E-state index contributed by atoms with van der Waals surface area (Å²) in [5.41, 5.74) is -0.0218. The zero-order chi connectivity index (χ0) is 20.5. The van der Waals surface area contributed by atoms with Gasteiger partial charge in [0, 0.05) is 6.61 Å². The summed E-state index contributed by atoms with van der Waals surface area (Å²) in [4.78, 5) is 23.0. The van der Waals surface area contributed by atoms with E-state index in [1.807, 2.05) is 0 Å². The van der Waals surface area contributed by atoms with Crippen LogP contribution in [0.4, 0.5) is 0 Å². The van der Waals surface area contributed by atoms with Gasteiger partial charge in [0.05, 0.1) is 30.9 Å². The Morgan fingerprint density at radius 1 is 0.750 bits per heavy atom. The van der Waals surface area contributed by atoms with E-state index in [1.54, 1.807) is 12.1 Å². The number of carboxylic acids is 1. The highest BCUT2D eigenvalue weighted by Gasteiger charge is 2.16. The quantitative estimate of drug-likeness (QED) is 0.304.